The van der Waals surface area contributed by atoms with Crippen LogP contribution in [0, 0.1) is 0 Å². The molecule has 0 heterocycles. The summed E-state index contributed by atoms with van der Waals surface area (Å²) in [6.45, 7) is 5.83. The minimum atomic E-state index is 0.666. The van der Waals surface area contributed by atoms with Crippen molar-refractivity contribution >= 4 is 11.4 Å². The van der Waals surface area contributed by atoms with Gasteiger partial charge in [0.1, 0.15) is 5.75 Å². The summed E-state index contributed by atoms with van der Waals surface area (Å²) in [6, 6.07) is 18.5. The maximum absolute atomic E-state index is 5.69. The van der Waals surface area contributed by atoms with Crippen LogP contribution in [0.2, 0.25) is 0 Å². The van der Waals surface area contributed by atoms with Gasteiger partial charge in [-0.25, -0.2) is 0 Å². The lowest BCUT2D eigenvalue weighted by Crippen LogP contribution is -2.31. The lowest BCUT2D eigenvalue weighted by molar-refractivity contribution is 0.341. The fraction of sp³-hybridized carbons (Fsp3) is 0.333. The van der Waals surface area contributed by atoms with E-state index in [1.54, 1.807) is 0 Å². The summed E-state index contributed by atoms with van der Waals surface area (Å²) >= 11 is 0. The number of nitrogens with one attached hydrogen (secondary N) is 1. The third-order valence-corrected chi connectivity index (χ3v) is 3.25. The molecule has 0 radical (unpaired) electrons. The standard InChI is InChI=1S/C18H24N2O/c1-3-5-15-20(16-11-7-6-8-12-16)19-17-13-9-10-14-18(17)21-4-2/h6-14,19H,3-5,15H2,1-2H3. The summed E-state index contributed by atoms with van der Waals surface area (Å²) in [5.74, 6) is 0.887. The molecule has 0 aromatic heterocycles. The second-order valence-electron chi connectivity index (χ2n) is 4.88. The lowest BCUT2D eigenvalue weighted by Gasteiger charge is -2.27. The SMILES string of the molecule is CCCCN(Nc1ccccc1OCC)c1ccccc1. The molecule has 0 fully saturated rings. The largest absolute Gasteiger partial charge is 0.492 e. The van der Waals surface area contributed by atoms with Crippen LogP contribution in [-0.2, 0) is 0 Å². The molecular formula is C18H24N2O. The summed E-state index contributed by atoms with van der Waals surface area (Å²) in [4.78, 5) is 0. The van der Waals surface area contributed by atoms with Gasteiger partial charge < -0.3 is 4.74 Å². The van der Waals surface area contributed by atoms with Crippen molar-refractivity contribution in [3.8, 4) is 5.75 Å². The molecule has 2 aromatic rings. The van der Waals surface area contributed by atoms with Gasteiger partial charge in [0.05, 0.1) is 18.0 Å². The molecule has 0 bridgehead atoms. The predicted molar refractivity (Wildman–Crippen MR) is 89.9 cm³/mol. The van der Waals surface area contributed by atoms with Gasteiger partial charge in [0.15, 0.2) is 0 Å². The molecule has 1 N–H and O–H groups in total. The summed E-state index contributed by atoms with van der Waals surface area (Å²) in [5, 5.41) is 2.18. The third kappa shape index (κ3) is 4.42. The Morgan fingerprint density at radius 3 is 2.38 bits per heavy atom. The molecule has 0 aliphatic rings. The van der Waals surface area contributed by atoms with E-state index in [-0.39, 0.29) is 0 Å². The molecule has 2 rings (SSSR count). The predicted octanol–water partition coefficient (Wildman–Crippen LogP) is 4.72. The Morgan fingerprint density at radius 2 is 1.67 bits per heavy atom. The molecule has 0 aliphatic heterocycles. The van der Waals surface area contributed by atoms with E-state index in [0.717, 1.165) is 36.5 Å². The van der Waals surface area contributed by atoms with Crippen LogP contribution in [-0.4, -0.2) is 13.2 Å². The van der Waals surface area contributed by atoms with Crippen LogP contribution in [0.15, 0.2) is 54.6 Å². The Labute approximate surface area is 127 Å². The molecule has 0 aliphatic carbocycles. The number of hydrazine groups is 1. The van der Waals surface area contributed by atoms with Crippen molar-refractivity contribution in [2.45, 2.75) is 26.7 Å². The first-order chi connectivity index (χ1) is 10.3. The molecule has 21 heavy (non-hydrogen) atoms. The number of ether oxygens (including phenoxy) is 1. The van der Waals surface area contributed by atoms with Crippen molar-refractivity contribution in [1.29, 1.82) is 0 Å². The van der Waals surface area contributed by atoms with Crippen molar-refractivity contribution in [2.24, 2.45) is 0 Å². The van der Waals surface area contributed by atoms with Crippen molar-refractivity contribution in [1.82, 2.24) is 0 Å². The number of benzene rings is 2. The fourth-order valence-corrected chi connectivity index (χ4v) is 2.16. The number of unbranched alkanes of at least 4 members (excludes halogenated alkanes) is 1. The van der Waals surface area contributed by atoms with Gasteiger partial charge in [0.25, 0.3) is 0 Å². The Morgan fingerprint density at radius 1 is 0.952 bits per heavy atom. The van der Waals surface area contributed by atoms with E-state index in [2.05, 4.69) is 41.6 Å². The quantitative estimate of drug-likeness (QED) is 0.710. The van der Waals surface area contributed by atoms with Gasteiger partial charge in [-0.15, -0.1) is 0 Å². The molecule has 0 saturated carbocycles. The van der Waals surface area contributed by atoms with Crippen molar-refractivity contribution < 1.29 is 4.74 Å². The molecule has 0 unspecified atom stereocenters. The van der Waals surface area contributed by atoms with Gasteiger partial charge in [-0.05, 0) is 37.6 Å². The van der Waals surface area contributed by atoms with Crippen LogP contribution in [0.4, 0.5) is 11.4 Å². The van der Waals surface area contributed by atoms with Crippen LogP contribution >= 0.6 is 0 Å². The Bertz CT molecular complexity index is 528. The van der Waals surface area contributed by atoms with Crippen LogP contribution in [0.5, 0.6) is 5.75 Å². The Balaban J connectivity index is 2.19. The van der Waals surface area contributed by atoms with E-state index in [9.17, 15) is 0 Å². The zero-order valence-electron chi connectivity index (χ0n) is 12.9. The highest BCUT2D eigenvalue weighted by Crippen LogP contribution is 2.26. The molecule has 112 valence electrons. The zero-order valence-corrected chi connectivity index (χ0v) is 12.9. The molecule has 0 amide bonds. The molecule has 0 spiro atoms. The van der Waals surface area contributed by atoms with Gasteiger partial charge >= 0.3 is 0 Å². The summed E-state index contributed by atoms with van der Waals surface area (Å²) in [6.07, 6.45) is 2.30. The minimum Gasteiger partial charge on any atom is -0.492 e. The fourth-order valence-electron chi connectivity index (χ4n) is 2.16. The maximum atomic E-state index is 5.69. The monoisotopic (exact) mass is 284 g/mol. The van der Waals surface area contributed by atoms with Crippen LogP contribution in [0.25, 0.3) is 0 Å². The van der Waals surface area contributed by atoms with Crippen molar-refractivity contribution in [3.63, 3.8) is 0 Å². The van der Waals surface area contributed by atoms with Crippen molar-refractivity contribution in [2.75, 3.05) is 23.6 Å². The second-order valence-corrected chi connectivity index (χ2v) is 4.88. The highest BCUT2D eigenvalue weighted by Gasteiger charge is 2.09. The first-order valence-corrected chi connectivity index (χ1v) is 7.66. The van der Waals surface area contributed by atoms with E-state index in [1.165, 1.54) is 0 Å². The van der Waals surface area contributed by atoms with Crippen LogP contribution in [0.1, 0.15) is 26.7 Å². The van der Waals surface area contributed by atoms with Crippen LogP contribution < -0.4 is 15.2 Å². The number of nitrogens with zero attached hydrogens (tertiary/aromatic N) is 1. The van der Waals surface area contributed by atoms with E-state index >= 15 is 0 Å². The molecule has 3 nitrogen and oxygen atoms in total. The first kappa shape index (κ1) is 15.2. The molecule has 3 heteroatoms. The maximum Gasteiger partial charge on any atom is 0.144 e. The molecule has 2 aromatic carbocycles. The van der Waals surface area contributed by atoms with E-state index in [1.807, 2.05) is 37.3 Å². The zero-order chi connectivity index (χ0) is 14.9. The molecule has 0 atom stereocenters. The number of para-hydroxylation sites is 3. The highest BCUT2D eigenvalue weighted by atomic mass is 16.5. The highest BCUT2D eigenvalue weighted by molar-refractivity contribution is 5.61. The average Bonchev–Trinajstić information content (AvgIpc) is 2.54. The number of hydrogen-bond donors (Lipinski definition) is 1. The summed E-state index contributed by atoms with van der Waals surface area (Å²) < 4.78 is 5.69. The minimum absolute atomic E-state index is 0.666. The van der Waals surface area contributed by atoms with Crippen LogP contribution in [0.3, 0.4) is 0 Å². The summed E-state index contributed by atoms with van der Waals surface area (Å²) in [5.41, 5.74) is 5.66. The van der Waals surface area contributed by atoms with Gasteiger partial charge in [-0.3, -0.25) is 10.4 Å². The summed E-state index contributed by atoms with van der Waals surface area (Å²) in [7, 11) is 0. The first-order valence-electron chi connectivity index (χ1n) is 7.66. The van der Waals surface area contributed by atoms with Crippen molar-refractivity contribution in [3.05, 3.63) is 54.6 Å². The van der Waals surface area contributed by atoms with E-state index < -0.39 is 0 Å². The van der Waals surface area contributed by atoms with Gasteiger partial charge in [0.2, 0.25) is 0 Å². The number of anilines is 2. The number of hydrogen-bond acceptors (Lipinski definition) is 3. The normalized spacial score (nSPS) is 10.2. The molecule has 0 saturated heterocycles. The van der Waals surface area contributed by atoms with Gasteiger partial charge in [-0.2, -0.15) is 0 Å². The van der Waals surface area contributed by atoms with Gasteiger partial charge in [-0.1, -0.05) is 43.7 Å². The average molecular weight is 284 g/mol. The Hall–Kier alpha value is -2.16. The molecular weight excluding hydrogens is 260 g/mol. The lowest BCUT2D eigenvalue weighted by atomic mass is 10.2. The number of rotatable bonds is 8. The Kier molecular flexibility index (Phi) is 5.95. The smallest absolute Gasteiger partial charge is 0.144 e. The van der Waals surface area contributed by atoms with Gasteiger partial charge in [0, 0.05) is 6.54 Å². The topological polar surface area (TPSA) is 24.5 Å². The van der Waals surface area contributed by atoms with E-state index in [0.29, 0.717) is 6.61 Å². The van der Waals surface area contributed by atoms with E-state index in [4.69, 9.17) is 4.74 Å². The second kappa shape index (κ2) is 8.20. The third-order valence-electron chi connectivity index (χ3n) is 3.25.